The standard InChI is InChI=1S/C16H15NO3S/c1-3-20-16(19)14-13-11-7-5-4-6-10(11)8-12(13)21-15(14)17-9(2)18/h4-7H,3,8H2,1-2H3,(H,17,18). The maximum atomic E-state index is 12.3. The van der Waals surface area contributed by atoms with Gasteiger partial charge in [0.1, 0.15) is 10.6 Å². The predicted octanol–water partition coefficient (Wildman–Crippen LogP) is 3.45. The minimum Gasteiger partial charge on any atom is -0.462 e. The minimum absolute atomic E-state index is 0.186. The number of carbonyl (C=O) groups is 2. The third-order valence-corrected chi connectivity index (χ3v) is 4.49. The molecule has 1 aromatic heterocycles. The van der Waals surface area contributed by atoms with E-state index in [1.807, 2.05) is 18.2 Å². The Kier molecular flexibility index (Phi) is 3.51. The van der Waals surface area contributed by atoms with Crippen LogP contribution in [0.5, 0.6) is 0 Å². The Labute approximate surface area is 126 Å². The van der Waals surface area contributed by atoms with Crippen molar-refractivity contribution in [2.24, 2.45) is 0 Å². The van der Waals surface area contributed by atoms with Crippen molar-refractivity contribution in [3.63, 3.8) is 0 Å². The molecule has 1 aliphatic rings. The average Bonchev–Trinajstić information content (AvgIpc) is 2.93. The third kappa shape index (κ3) is 2.34. The molecule has 21 heavy (non-hydrogen) atoms. The van der Waals surface area contributed by atoms with Crippen molar-refractivity contribution in [2.45, 2.75) is 20.3 Å². The van der Waals surface area contributed by atoms with Crippen LogP contribution >= 0.6 is 11.3 Å². The van der Waals surface area contributed by atoms with Crippen molar-refractivity contribution in [3.05, 3.63) is 40.3 Å². The van der Waals surface area contributed by atoms with Gasteiger partial charge in [0.25, 0.3) is 0 Å². The number of fused-ring (bicyclic) bond motifs is 3. The highest BCUT2D eigenvalue weighted by Crippen LogP contribution is 2.47. The van der Waals surface area contributed by atoms with Crippen LogP contribution in [0, 0.1) is 0 Å². The Hall–Kier alpha value is -2.14. The van der Waals surface area contributed by atoms with Crippen molar-refractivity contribution in [1.82, 2.24) is 0 Å². The smallest absolute Gasteiger partial charge is 0.341 e. The first-order chi connectivity index (χ1) is 10.1. The van der Waals surface area contributed by atoms with E-state index in [0.29, 0.717) is 17.2 Å². The van der Waals surface area contributed by atoms with Crippen molar-refractivity contribution in [3.8, 4) is 11.1 Å². The van der Waals surface area contributed by atoms with Gasteiger partial charge in [-0.15, -0.1) is 11.3 Å². The van der Waals surface area contributed by atoms with E-state index in [-0.39, 0.29) is 11.9 Å². The second-order valence-corrected chi connectivity index (χ2v) is 5.95. The van der Waals surface area contributed by atoms with Gasteiger partial charge in [0.15, 0.2) is 0 Å². The van der Waals surface area contributed by atoms with E-state index in [1.54, 1.807) is 6.92 Å². The van der Waals surface area contributed by atoms with Gasteiger partial charge in [-0.05, 0) is 18.1 Å². The Morgan fingerprint density at radius 2 is 2.10 bits per heavy atom. The molecule has 5 heteroatoms. The molecule has 0 radical (unpaired) electrons. The van der Waals surface area contributed by atoms with Crippen LogP contribution < -0.4 is 5.32 Å². The highest BCUT2D eigenvalue weighted by atomic mass is 32.1. The van der Waals surface area contributed by atoms with Gasteiger partial charge in [-0.1, -0.05) is 24.3 Å². The number of rotatable bonds is 3. The van der Waals surface area contributed by atoms with E-state index in [0.717, 1.165) is 22.4 Å². The first-order valence-electron chi connectivity index (χ1n) is 6.80. The summed E-state index contributed by atoms with van der Waals surface area (Å²) < 4.78 is 5.17. The van der Waals surface area contributed by atoms with Crippen LogP contribution in [-0.4, -0.2) is 18.5 Å². The number of esters is 1. The highest BCUT2D eigenvalue weighted by molar-refractivity contribution is 7.17. The summed E-state index contributed by atoms with van der Waals surface area (Å²) in [6.07, 6.45) is 0.794. The Morgan fingerprint density at radius 3 is 2.81 bits per heavy atom. The lowest BCUT2D eigenvalue weighted by Crippen LogP contribution is -2.11. The van der Waals surface area contributed by atoms with Gasteiger partial charge < -0.3 is 10.1 Å². The molecule has 0 bridgehead atoms. The molecule has 0 atom stereocenters. The molecule has 3 rings (SSSR count). The number of anilines is 1. The van der Waals surface area contributed by atoms with E-state index < -0.39 is 0 Å². The molecule has 1 N–H and O–H groups in total. The Morgan fingerprint density at radius 1 is 1.33 bits per heavy atom. The first kappa shape index (κ1) is 13.8. The number of ether oxygens (including phenoxy) is 1. The fourth-order valence-electron chi connectivity index (χ4n) is 2.62. The normalized spacial score (nSPS) is 11.7. The van der Waals surface area contributed by atoms with Gasteiger partial charge in [-0.25, -0.2) is 4.79 Å². The third-order valence-electron chi connectivity index (χ3n) is 3.39. The summed E-state index contributed by atoms with van der Waals surface area (Å²) in [6.45, 7) is 3.52. The maximum Gasteiger partial charge on any atom is 0.341 e. The van der Waals surface area contributed by atoms with Crippen LogP contribution in [0.15, 0.2) is 24.3 Å². The minimum atomic E-state index is -0.379. The summed E-state index contributed by atoms with van der Waals surface area (Å²) in [5.41, 5.74) is 3.66. The molecule has 108 valence electrons. The highest BCUT2D eigenvalue weighted by Gasteiger charge is 2.31. The van der Waals surface area contributed by atoms with Crippen molar-refractivity contribution in [2.75, 3.05) is 11.9 Å². The summed E-state index contributed by atoms with van der Waals surface area (Å²) in [6, 6.07) is 8.02. The number of nitrogens with one attached hydrogen (secondary N) is 1. The van der Waals surface area contributed by atoms with Gasteiger partial charge in [-0.3, -0.25) is 4.79 Å². The molecular weight excluding hydrogens is 286 g/mol. The Bertz CT molecular complexity index is 733. The van der Waals surface area contributed by atoms with E-state index in [1.165, 1.54) is 23.8 Å². The second kappa shape index (κ2) is 5.33. The predicted molar refractivity (Wildman–Crippen MR) is 82.8 cm³/mol. The van der Waals surface area contributed by atoms with Gasteiger partial charge in [0.05, 0.1) is 6.61 Å². The van der Waals surface area contributed by atoms with Crippen LogP contribution in [-0.2, 0) is 16.0 Å². The largest absolute Gasteiger partial charge is 0.462 e. The molecule has 1 heterocycles. The number of hydrogen-bond donors (Lipinski definition) is 1. The topological polar surface area (TPSA) is 55.4 Å². The van der Waals surface area contributed by atoms with Crippen LogP contribution in [0.1, 0.15) is 34.6 Å². The number of carbonyl (C=O) groups excluding carboxylic acids is 2. The second-order valence-electron chi connectivity index (χ2n) is 4.84. The molecule has 4 nitrogen and oxygen atoms in total. The molecule has 1 amide bonds. The molecule has 0 unspecified atom stereocenters. The fraction of sp³-hybridized carbons (Fsp3) is 0.250. The first-order valence-corrected chi connectivity index (χ1v) is 7.62. The van der Waals surface area contributed by atoms with Crippen molar-refractivity contribution in [1.29, 1.82) is 0 Å². The molecular formula is C16H15NO3S. The zero-order valence-electron chi connectivity index (χ0n) is 11.9. The molecule has 0 saturated carbocycles. The number of benzene rings is 1. The summed E-state index contributed by atoms with van der Waals surface area (Å²) >= 11 is 1.45. The van der Waals surface area contributed by atoms with E-state index in [4.69, 9.17) is 4.74 Å². The quantitative estimate of drug-likeness (QED) is 0.754. The summed E-state index contributed by atoms with van der Waals surface area (Å²) in [4.78, 5) is 24.8. The van der Waals surface area contributed by atoms with Gasteiger partial charge in [-0.2, -0.15) is 0 Å². The van der Waals surface area contributed by atoms with Crippen molar-refractivity contribution >= 4 is 28.2 Å². The molecule has 0 aliphatic heterocycles. The van der Waals surface area contributed by atoms with Crippen LogP contribution in [0.2, 0.25) is 0 Å². The lowest BCUT2D eigenvalue weighted by atomic mass is 10.0. The number of hydrogen-bond acceptors (Lipinski definition) is 4. The molecule has 0 spiro atoms. The monoisotopic (exact) mass is 301 g/mol. The molecule has 2 aromatic rings. The Balaban J connectivity index is 2.16. The van der Waals surface area contributed by atoms with Crippen molar-refractivity contribution < 1.29 is 14.3 Å². The fourth-order valence-corrected chi connectivity index (χ4v) is 3.90. The van der Waals surface area contributed by atoms with Crippen LogP contribution in [0.3, 0.4) is 0 Å². The molecule has 1 aromatic carbocycles. The molecule has 1 aliphatic carbocycles. The SMILES string of the molecule is CCOC(=O)c1c(NC(C)=O)sc2c1-c1ccccc1C2. The number of amides is 1. The summed E-state index contributed by atoms with van der Waals surface area (Å²) in [5, 5.41) is 3.34. The van der Waals surface area contributed by atoms with Gasteiger partial charge in [0.2, 0.25) is 5.91 Å². The number of thiophene rings is 1. The van der Waals surface area contributed by atoms with Crippen LogP contribution in [0.25, 0.3) is 11.1 Å². The summed E-state index contributed by atoms with van der Waals surface area (Å²) in [5.74, 6) is -0.566. The lowest BCUT2D eigenvalue weighted by molar-refractivity contribution is -0.114. The average molecular weight is 301 g/mol. The van der Waals surface area contributed by atoms with E-state index in [2.05, 4.69) is 11.4 Å². The van der Waals surface area contributed by atoms with Crippen LogP contribution in [0.4, 0.5) is 5.00 Å². The van der Waals surface area contributed by atoms with E-state index >= 15 is 0 Å². The van der Waals surface area contributed by atoms with Gasteiger partial charge >= 0.3 is 5.97 Å². The lowest BCUT2D eigenvalue weighted by Gasteiger charge is -2.07. The van der Waals surface area contributed by atoms with Gasteiger partial charge in [0, 0.05) is 23.8 Å². The molecule has 0 fully saturated rings. The zero-order valence-corrected chi connectivity index (χ0v) is 12.7. The zero-order chi connectivity index (χ0) is 15.0. The maximum absolute atomic E-state index is 12.3. The summed E-state index contributed by atoms with van der Waals surface area (Å²) in [7, 11) is 0. The molecule has 0 saturated heterocycles. The van der Waals surface area contributed by atoms with E-state index in [9.17, 15) is 9.59 Å².